The van der Waals surface area contributed by atoms with Gasteiger partial charge >= 0.3 is 0 Å². The summed E-state index contributed by atoms with van der Waals surface area (Å²) in [6.45, 7) is 0.658. The van der Waals surface area contributed by atoms with Crippen LogP contribution in [0.1, 0.15) is 22.3 Å². The highest BCUT2D eigenvalue weighted by Crippen LogP contribution is 2.30. The second-order valence-corrected chi connectivity index (χ2v) is 4.88. The molecule has 2 heterocycles. The molecule has 0 spiro atoms. The number of nitrogens with two attached hydrogens (primary N) is 1. The number of aromatic hydroxyl groups is 1. The van der Waals surface area contributed by atoms with E-state index in [1.165, 1.54) is 18.5 Å². The number of pyridine rings is 1. The first-order valence-electron chi connectivity index (χ1n) is 6.49. The highest BCUT2D eigenvalue weighted by Gasteiger charge is 2.24. The summed E-state index contributed by atoms with van der Waals surface area (Å²) in [5.74, 6) is -0.162. The minimum Gasteiger partial charge on any atom is -0.506 e. The number of aromatic nitrogens is 1. The average molecular weight is 269 g/mol. The van der Waals surface area contributed by atoms with Gasteiger partial charge in [0, 0.05) is 24.1 Å². The number of nitrogen functional groups attached to an aromatic ring is 1. The topological polar surface area (TPSA) is 79.5 Å². The number of carbonyl (C=O) groups is 1. The Hall–Kier alpha value is -2.56. The van der Waals surface area contributed by atoms with E-state index in [1.54, 1.807) is 11.0 Å². The van der Waals surface area contributed by atoms with Gasteiger partial charge in [0.2, 0.25) is 0 Å². The maximum Gasteiger partial charge on any atom is 0.259 e. The molecule has 2 aromatic rings. The minimum atomic E-state index is -0.154. The van der Waals surface area contributed by atoms with Crippen molar-refractivity contribution < 1.29 is 9.90 Å². The lowest BCUT2D eigenvalue weighted by molar-refractivity contribution is 0.0984. The molecule has 1 aromatic heterocycles. The SMILES string of the molecule is Nc1ccc2c(c1)CCCN2C(=O)c1cncc(O)c1. The number of benzene rings is 1. The van der Waals surface area contributed by atoms with Crippen molar-refractivity contribution in [2.24, 2.45) is 0 Å². The van der Waals surface area contributed by atoms with Crippen molar-refractivity contribution in [2.75, 3.05) is 17.2 Å². The van der Waals surface area contributed by atoms with Gasteiger partial charge in [-0.1, -0.05) is 0 Å². The van der Waals surface area contributed by atoms with Crippen molar-refractivity contribution in [2.45, 2.75) is 12.8 Å². The molecule has 102 valence electrons. The van der Waals surface area contributed by atoms with Crippen LogP contribution in [-0.2, 0) is 6.42 Å². The summed E-state index contributed by atoms with van der Waals surface area (Å²) in [6, 6.07) is 7.01. The predicted molar refractivity (Wildman–Crippen MR) is 76.8 cm³/mol. The molecule has 1 aromatic carbocycles. The van der Waals surface area contributed by atoms with E-state index < -0.39 is 0 Å². The molecule has 5 heteroatoms. The van der Waals surface area contributed by atoms with Crippen LogP contribution in [0.25, 0.3) is 0 Å². The molecule has 1 amide bonds. The van der Waals surface area contributed by atoms with Crippen molar-refractivity contribution in [3.8, 4) is 5.75 Å². The molecule has 1 aliphatic rings. The number of anilines is 2. The first-order chi connectivity index (χ1) is 9.65. The molecule has 0 aliphatic carbocycles. The molecule has 5 nitrogen and oxygen atoms in total. The Kier molecular flexibility index (Phi) is 3.02. The summed E-state index contributed by atoms with van der Waals surface area (Å²) in [5.41, 5.74) is 8.85. The number of hydrogen-bond donors (Lipinski definition) is 2. The predicted octanol–water partition coefficient (Wildman–Crippen LogP) is 1.96. The van der Waals surface area contributed by atoms with Gasteiger partial charge in [0.1, 0.15) is 5.75 Å². The van der Waals surface area contributed by atoms with Crippen molar-refractivity contribution in [3.05, 3.63) is 47.8 Å². The Bertz CT molecular complexity index is 670. The van der Waals surface area contributed by atoms with Crippen molar-refractivity contribution in [1.82, 2.24) is 4.98 Å². The molecule has 0 atom stereocenters. The highest BCUT2D eigenvalue weighted by atomic mass is 16.3. The van der Waals surface area contributed by atoms with E-state index in [-0.39, 0.29) is 11.7 Å². The van der Waals surface area contributed by atoms with Crippen LogP contribution >= 0.6 is 0 Å². The summed E-state index contributed by atoms with van der Waals surface area (Å²) in [4.78, 5) is 18.1. The van der Waals surface area contributed by atoms with Gasteiger partial charge in [-0.15, -0.1) is 0 Å². The molecule has 1 aliphatic heterocycles. The molecule has 0 unspecified atom stereocenters. The first kappa shape index (κ1) is 12.5. The normalized spacial score (nSPS) is 13.9. The maximum atomic E-state index is 12.5. The van der Waals surface area contributed by atoms with Gasteiger partial charge in [-0.2, -0.15) is 0 Å². The largest absolute Gasteiger partial charge is 0.506 e. The second-order valence-electron chi connectivity index (χ2n) is 4.88. The number of nitrogens with zero attached hydrogens (tertiary/aromatic N) is 2. The van der Waals surface area contributed by atoms with Crippen LogP contribution in [0.5, 0.6) is 5.75 Å². The van der Waals surface area contributed by atoms with E-state index in [0.717, 1.165) is 24.1 Å². The molecule has 0 saturated heterocycles. The number of fused-ring (bicyclic) bond motifs is 1. The van der Waals surface area contributed by atoms with Gasteiger partial charge in [0.05, 0.1) is 11.8 Å². The number of amides is 1. The van der Waals surface area contributed by atoms with Crippen molar-refractivity contribution in [3.63, 3.8) is 0 Å². The molecule has 0 saturated carbocycles. The zero-order valence-corrected chi connectivity index (χ0v) is 10.9. The molecule has 0 fully saturated rings. The quantitative estimate of drug-likeness (QED) is 0.776. The van der Waals surface area contributed by atoms with Crippen LogP contribution in [0.3, 0.4) is 0 Å². The van der Waals surface area contributed by atoms with E-state index in [0.29, 0.717) is 17.8 Å². The summed E-state index contributed by atoms with van der Waals surface area (Å²) in [5, 5.41) is 9.44. The van der Waals surface area contributed by atoms with E-state index in [9.17, 15) is 9.90 Å². The third-order valence-corrected chi connectivity index (χ3v) is 3.44. The Morgan fingerprint density at radius 2 is 2.15 bits per heavy atom. The average Bonchev–Trinajstić information content (AvgIpc) is 2.45. The summed E-state index contributed by atoms with van der Waals surface area (Å²) < 4.78 is 0. The fourth-order valence-corrected chi connectivity index (χ4v) is 2.53. The van der Waals surface area contributed by atoms with Gasteiger partial charge in [0.15, 0.2) is 0 Å². The number of rotatable bonds is 1. The maximum absolute atomic E-state index is 12.5. The van der Waals surface area contributed by atoms with E-state index in [1.807, 2.05) is 12.1 Å². The highest BCUT2D eigenvalue weighted by molar-refractivity contribution is 6.06. The van der Waals surface area contributed by atoms with Gasteiger partial charge in [-0.25, -0.2) is 0 Å². The first-order valence-corrected chi connectivity index (χ1v) is 6.49. The molecule has 0 radical (unpaired) electrons. The molecule has 0 bridgehead atoms. The van der Waals surface area contributed by atoms with Gasteiger partial charge in [-0.3, -0.25) is 9.78 Å². The third kappa shape index (κ3) is 2.18. The minimum absolute atomic E-state index is 0.00890. The number of carbonyl (C=O) groups excluding carboxylic acids is 1. The third-order valence-electron chi connectivity index (χ3n) is 3.44. The summed E-state index contributed by atoms with van der Waals surface area (Å²) in [6.07, 6.45) is 4.59. The van der Waals surface area contributed by atoms with Crippen LogP contribution in [0.15, 0.2) is 36.7 Å². The lowest BCUT2D eigenvalue weighted by Crippen LogP contribution is -2.35. The molecule has 20 heavy (non-hydrogen) atoms. The van der Waals surface area contributed by atoms with Crippen LogP contribution in [0.4, 0.5) is 11.4 Å². The lowest BCUT2D eigenvalue weighted by Gasteiger charge is -2.29. The van der Waals surface area contributed by atoms with Crippen LogP contribution in [0.2, 0.25) is 0 Å². The van der Waals surface area contributed by atoms with Crippen molar-refractivity contribution >= 4 is 17.3 Å². The van der Waals surface area contributed by atoms with Crippen LogP contribution in [0, 0.1) is 0 Å². The van der Waals surface area contributed by atoms with E-state index in [4.69, 9.17) is 5.73 Å². The molecule has 3 rings (SSSR count). The fraction of sp³-hybridized carbons (Fsp3) is 0.200. The standard InChI is InChI=1S/C15H15N3O2/c16-12-3-4-14-10(6-12)2-1-5-18(14)15(20)11-7-13(19)9-17-8-11/h3-4,6-9,19H,1-2,5,16H2. The van der Waals surface area contributed by atoms with Crippen molar-refractivity contribution in [1.29, 1.82) is 0 Å². The lowest BCUT2D eigenvalue weighted by atomic mass is 10.0. The Morgan fingerprint density at radius 1 is 1.30 bits per heavy atom. The van der Waals surface area contributed by atoms with Gasteiger partial charge < -0.3 is 15.7 Å². The summed E-state index contributed by atoms with van der Waals surface area (Å²) in [7, 11) is 0. The molecule has 3 N–H and O–H groups in total. The molecular weight excluding hydrogens is 254 g/mol. The second kappa shape index (κ2) is 4.85. The zero-order valence-electron chi connectivity index (χ0n) is 10.9. The molecular formula is C15H15N3O2. The van der Waals surface area contributed by atoms with E-state index in [2.05, 4.69) is 4.98 Å². The van der Waals surface area contributed by atoms with Crippen LogP contribution < -0.4 is 10.6 Å². The number of hydrogen-bond acceptors (Lipinski definition) is 4. The van der Waals surface area contributed by atoms with E-state index >= 15 is 0 Å². The van der Waals surface area contributed by atoms with Gasteiger partial charge in [0.25, 0.3) is 5.91 Å². The monoisotopic (exact) mass is 269 g/mol. The van der Waals surface area contributed by atoms with Crippen LogP contribution in [-0.4, -0.2) is 22.5 Å². The Morgan fingerprint density at radius 3 is 2.95 bits per heavy atom. The van der Waals surface area contributed by atoms with Gasteiger partial charge in [-0.05, 0) is 42.7 Å². The smallest absolute Gasteiger partial charge is 0.259 e. The fourth-order valence-electron chi connectivity index (χ4n) is 2.53. The summed E-state index contributed by atoms with van der Waals surface area (Å²) >= 11 is 0. The Balaban J connectivity index is 1.98. The Labute approximate surface area is 116 Å². The zero-order chi connectivity index (χ0) is 14.1. The number of aryl methyl sites for hydroxylation is 1.